The van der Waals surface area contributed by atoms with Gasteiger partial charge in [0.1, 0.15) is 5.01 Å². The Labute approximate surface area is 149 Å². The van der Waals surface area contributed by atoms with Gasteiger partial charge in [0.2, 0.25) is 0 Å². The first kappa shape index (κ1) is 17.1. The van der Waals surface area contributed by atoms with E-state index in [2.05, 4.69) is 67.0 Å². The predicted octanol–water partition coefficient (Wildman–Crippen LogP) is 5.85. The van der Waals surface area contributed by atoms with Crippen LogP contribution in [0.5, 0.6) is 0 Å². The van der Waals surface area contributed by atoms with E-state index >= 15 is 0 Å². The lowest BCUT2D eigenvalue weighted by Gasteiger charge is -2.10. The fraction of sp³-hybridized carbons (Fsp3) is 0.381. The van der Waals surface area contributed by atoms with Gasteiger partial charge in [0, 0.05) is 5.38 Å². The van der Waals surface area contributed by atoms with Gasteiger partial charge in [0.05, 0.1) is 11.7 Å². The molecule has 2 nitrogen and oxygen atoms in total. The van der Waals surface area contributed by atoms with Crippen molar-refractivity contribution in [2.24, 2.45) is 0 Å². The van der Waals surface area contributed by atoms with E-state index in [9.17, 15) is 0 Å². The second-order valence-electron chi connectivity index (χ2n) is 6.27. The second kappa shape index (κ2) is 8.41. The molecule has 0 unspecified atom stereocenters. The molecule has 0 aliphatic carbocycles. The number of nitrogens with one attached hydrogen (secondary N) is 1. The maximum Gasteiger partial charge on any atom is 0.110 e. The van der Waals surface area contributed by atoms with Crippen molar-refractivity contribution < 1.29 is 0 Å². The lowest BCUT2D eigenvalue weighted by atomic mass is 9.96. The minimum absolute atomic E-state index is 0.455. The first-order valence-electron chi connectivity index (χ1n) is 8.89. The minimum atomic E-state index is 0.455. The topological polar surface area (TPSA) is 24.9 Å². The molecule has 1 fully saturated rings. The molecule has 0 saturated carbocycles. The highest BCUT2D eigenvalue weighted by atomic mass is 32.1. The summed E-state index contributed by atoms with van der Waals surface area (Å²) in [7, 11) is 0. The predicted molar refractivity (Wildman–Crippen MR) is 105 cm³/mol. The Morgan fingerprint density at radius 3 is 2.83 bits per heavy atom. The van der Waals surface area contributed by atoms with Crippen molar-refractivity contribution in [1.29, 1.82) is 0 Å². The third kappa shape index (κ3) is 4.03. The Morgan fingerprint density at radius 2 is 2.12 bits per heavy atom. The van der Waals surface area contributed by atoms with E-state index in [-0.39, 0.29) is 0 Å². The number of benzene rings is 1. The van der Waals surface area contributed by atoms with Crippen molar-refractivity contribution in [3.8, 4) is 0 Å². The van der Waals surface area contributed by atoms with Crippen molar-refractivity contribution in [3.63, 3.8) is 0 Å². The van der Waals surface area contributed by atoms with Gasteiger partial charge >= 0.3 is 0 Å². The number of rotatable bonds is 6. The van der Waals surface area contributed by atoms with Gasteiger partial charge in [0.25, 0.3) is 0 Å². The largest absolute Gasteiger partial charge is 0.308 e. The third-order valence-electron chi connectivity index (χ3n) is 4.56. The zero-order valence-electron chi connectivity index (χ0n) is 14.6. The Kier molecular flexibility index (Phi) is 6.00. The van der Waals surface area contributed by atoms with Crippen LogP contribution in [0.2, 0.25) is 0 Å². The number of nitrogens with zero attached hydrogens (tertiary/aromatic N) is 1. The van der Waals surface area contributed by atoms with Crippen LogP contribution in [0.1, 0.15) is 61.8 Å². The number of allylic oxidation sites excluding steroid dienone is 4. The summed E-state index contributed by atoms with van der Waals surface area (Å²) in [6.45, 7) is 5.51. The zero-order chi connectivity index (χ0) is 16.8. The van der Waals surface area contributed by atoms with E-state index in [1.807, 2.05) is 0 Å². The number of thiazole rings is 1. The van der Waals surface area contributed by atoms with Gasteiger partial charge in [-0.3, -0.25) is 0 Å². The monoisotopic (exact) mass is 338 g/mol. The van der Waals surface area contributed by atoms with Crippen LogP contribution >= 0.6 is 11.3 Å². The molecule has 3 rings (SSSR count). The van der Waals surface area contributed by atoms with E-state index in [4.69, 9.17) is 4.98 Å². The Morgan fingerprint density at radius 1 is 1.29 bits per heavy atom. The molecule has 0 radical (unpaired) electrons. The van der Waals surface area contributed by atoms with Crippen molar-refractivity contribution in [2.75, 3.05) is 6.54 Å². The maximum atomic E-state index is 4.94. The lowest BCUT2D eigenvalue weighted by molar-refractivity contribution is 0.642. The summed E-state index contributed by atoms with van der Waals surface area (Å²) < 4.78 is 0. The Balaban J connectivity index is 1.92. The van der Waals surface area contributed by atoms with Crippen LogP contribution in [0, 0.1) is 0 Å². The Bertz CT molecular complexity index is 706. The average Bonchev–Trinajstić information content (AvgIpc) is 3.30. The van der Waals surface area contributed by atoms with Crippen LogP contribution in [-0.2, 0) is 0 Å². The number of hydrogen-bond donors (Lipinski definition) is 1. The maximum absolute atomic E-state index is 4.94. The molecule has 2 aromatic rings. The second-order valence-corrected chi connectivity index (χ2v) is 7.16. The highest BCUT2D eigenvalue weighted by molar-refractivity contribution is 7.09. The van der Waals surface area contributed by atoms with Crippen LogP contribution < -0.4 is 5.32 Å². The molecule has 1 aromatic heterocycles. The van der Waals surface area contributed by atoms with Crippen molar-refractivity contribution in [1.82, 2.24) is 10.3 Å². The van der Waals surface area contributed by atoms with Crippen molar-refractivity contribution in [2.45, 2.75) is 45.6 Å². The fourth-order valence-corrected chi connectivity index (χ4v) is 4.14. The molecule has 2 heterocycles. The molecule has 3 heteroatoms. The normalized spacial score (nSPS) is 19.0. The summed E-state index contributed by atoms with van der Waals surface area (Å²) in [6, 6.07) is 11.2. The quantitative estimate of drug-likeness (QED) is 0.668. The smallest absolute Gasteiger partial charge is 0.110 e. The molecule has 1 atom stereocenters. The summed E-state index contributed by atoms with van der Waals surface area (Å²) in [5, 5.41) is 7.00. The average molecular weight is 339 g/mol. The van der Waals surface area contributed by atoms with Gasteiger partial charge in [-0.2, -0.15) is 0 Å². The molecular formula is C21H26N2S. The summed E-state index contributed by atoms with van der Waals surface area (Å²) in [6.07, 6.45) is 9.02. The van der Waals surface area contributed by atoms with E-state index in [1.165, 1.54) is 34.6 Å². The van der Waals surface area contributed by atoms with Gasteiger partial charge in [-0.05, 0) is 55.9 Å². The van der Waals surface area contributed by atoms with Crippen LogP contribution in [0.15, 0.2) is 47.9 Å². The summed E-state index contributed by atoms with van der Waals surface area (Å²) in [4.78, 5) is 4.94. The van der Waals surface area contributed by atoms with Gasteiger partial charge in [0.15, 0.2) is 0 Å². The minimum Gasteiger partial charge on any atom is -0.308 e. The SMILES string of the molecule is CC/C=C\C/C(=C(\C)c1csc([C@@H]2CCCN2)n1)c1ccccc1. The zero-order valence-corrected chi connectivity index (χ0v) is 15.4. The molecule has 1 aliphatic rings. The third-order valence-corrected chi connectivity index (χ3v) is 5.52. The van der Waals surface area contributed by atoms with Crippen LogP contribution in [-0.4, -0.2) is 11.5 Å². The summed E-state index contributed by atoms with van der Waals surface area (Å²) in [5.41, 5.74) is 5.09. The molecule has 0 spiro atoms. The van der Waals surface area contributed by atoms with Crippen LogP contribution in [0.25, 0.3) is 11.1 Å². The van der Waals surface area contributed by atoms with Crippen molar-refractivity contribution >= 4 is 22.5 Å². The van der Waals surface area contributed by atoms with Gasteiger partial charge < -0.3 is 5.32 Å². The summed E-state index contributed by atoms with van der Waals surface area (Å²) in [5.74, 6) is 0. The van der Waals surface area contributed by atoms with Crippen molar-refractivity contribution in [3.05, 3.63) is 64.1 Å². The Hall–Kier alpha value is -1.71. The van der Waals surface area contributed by atoms with Gasteiger partial charge in [-0.25, -0.2) is 4.98 Å². The highest BCUT2D eigenvalue weighted by Crippen LogP contribution is 2.32. The lowest BCUT2D eigenvalue weighted by Crippen LogP contribution is -2.12. The van der Waals surface area contributed by atoms with Crippen LogP contribution in [0.3, 0.4) is 0 Å². The van der Waals surface area contributed by atoms with E-state index < -0.39 is 0 Å². The summed E-state index contributed by atoms with van der Waals surface area (Å²) >= 11 is 1.79. The highest BCUT2D eigenvalue weighted by Gasteiger charge is 2.20. The van der Waals surface area contributed by atoms with E-state index in [1.54, 1.807) is 11.3 Å². The molecule has 1 saturated heterocycles. The first-order chi connectivity index (χ1) is 11.8. The first-order valence-corrected chi connectivity index (χ1v) is 9.77. The molecular weight excluding hydrogens is 312 g/mol. The molecule has 1 aromatic carbocycles. The number of hydrogen-bond acceptors (Lipinski definition) is 3. The standard InChI is InChI=1S/C21H26N2S/c1-3-4-6-12-18(17-10-7-5-8-11-17)16(2)20-15-24-21(23-20)19-13-9-14-22-19/h4-8,10-11,15,19,22H,3,9,12-14H2,1-2H3/b6-4-,18-16-/t19-/m0/s1. The molecule has 0 bridgehead atoms. The molecule has 1 N–H and O–H groups in total. The van der Waals surface area contributed by atoms with E-state index in [0.717, 1.165) is 25.1 Å². The van der Waals surface area contributed by atoms with Gasteiger partial charge in [-0.15, -0.1) is 11.3 Å². The number of aromatic nitrogens is 1. The molecule has 0 amide bonds. The van der Waals surface area contributed by atoms with Gasteiger partial charge in [-0.1, -0.05) is 49.4 Å². The molecule has 24 heavy (non-hydrogen) atoms. The molecule has 1 aliphatic heterocycles. The fourth-order valence-electron chi connectivity index (χ4n) is 3.16. The molecule has 126 valence electrons. The van der Waals surface area contributed by atoms with E-state index in [0.29, 0.717) is 6.04 Å². The van der Waals surface area contributed by atoms with Crippen LogP contribution in [0.4, 0.5) is 0 Å².